The fraction of sp³-hybridized carbons (Fsp3) is 0.263. The Morgan fingerprint density at radius 3 is 2.72 bits per heavy atom. The summed E-state index contributed by atoms with van der Waals surface area (Å²) in [7, 11) is -3.61. The van der Waals surface area contributed by atoms with Crippen LogP contribution in [0.3, 0.4) is 0 Å². The molecule has 3 aromatic rings. The summed E-state index contributed by atoms with van der Waals surface area (Å²) in [4.78, 5) is 14.9. The van der Waals surface area contributed by atoms with Gasteiger partial charge in [0, 0.05) is 11.6 Å². The second kappa shape index (κ2) is 7.03. The minimum absolute atomic E-state index is 0.0445. The fourth-order valence-corrected chi connectivity index (χ4v) is 3.69. The standard InChI is InChI=1S/C19H19FN4O4S/c1-2-29(27,28)23-16-6-5-12(9-15(16)20)14-10-17(22-19(25)11-3-4-11)24(26)18-13(14)7-8-21-18/h5-11,21,23H,2-4H2,1H3,(H,22,25). The number of rotatable bonds is 6. The van der Waals surface area contributed by atoms with E-state index >= 15 is 0 Å². The molecule has 2 aromatic heterocycles. The van der Waals surface area contributed by atoms with Gasteiger partial charge in [0.2, 0.25) is 21.5 Å². The Balaban J connectivity index is 1.77. The summed E-state index contributed by atoms with van der Waals surface area (Å²) in [5.74, 6) is -1.18. The molecule has 10 heteroatoms. The molecule has 1 aliphatic carbocycles. The molecule has 1 amide bonds. The molecule has 29 heavy (non-hydrogen) atoms. The van der Waals surface area contributed by atoms with Crippen molar-refractivity contribution >= 4 is 38.5 Å². The number of nitrogens with one attached hydrogen (secondary N) is 3. The Morgan fingerprint density at radius 1 is 1.31 bits per heavy atom. The highest BCUT2D eigenvalue weighted by Crippen LogP contribution is 2.33. The van der Waals surface area contributed by atoms with Crippen molar-refractivity contribution in [3.63, 3.8) is 0 Å². The van der Waals surface area contributed by atoms with Crippen LogP contribution >= 0.6 is 0 Å². The number of carbonyl (C=O) groups is 1. The molecule has 0 bridgehead atoms. The lowest BCUT2D eigenvalue weighted by Crippen LogP contribution is -2.34. The lowest BCUT2D eigenvalue weighted by Gasteiger charge is -2.15. The van der Waals surface area contributed by atoms with E-state index in [2.05, 4.69) is 15.0 Å². The van der Waals surface area contributed by atoms with Gasteiger partial charge < -0.3 is 5.21 Å². The molecular weight excluding hydrogens is 399 g/mol. The number of carbonyl (C=O) groups excluding carboxylic acids is 1. The zero-order chi connectivity index (χ0) is 20.8. The molecule has 0 unspecified atom stereocenters. The first-order chi connectivity index (χ1) is 13.8. The lowest BCUT2D eigenvalue weighted by molar-refractivity contribution is -0.563. The minimum Gasteiger partial charge on any atom is -0.740 e. The van der Waals surface area contributed by atoms with Crippen LogP contribution in [0.4, 0.5) is 15.9 Å². The van der Waals surface area contributed by atoms with Gasteiger partial charge in [-0.25, -0.2) is 22.9 Å². The average molecular weight is 418 g/mol. The minimum atomic E-state index is -3.61. The zero-order valence-electron chi connectivity index (χ0n) is 15.5. The first-order valence-corrected chi connectivity index (χ1v) is 10.8. The molecule has 152 valence electrons. The molecule has 0 atom stereocenters. The van der Waals surface area contributed by atoms with E-state index < -0.39 is 15.8 Å². The van der Waals surface area contributed by atoms with E-state index in [1.807, 2.05) is 0 Å². The van der Waals surface area contributed by atoms with Crippen LogP contribution in [0.1, 0.15) is 19.8 Å². The van der Waals surface area contributed by atoms with Crippen molar-refractivity contribution in [1.82, 2.24) is 4.98 Å². The third kappa shape index (κ3) is 3.75. The number of halogens is 1. The highest BCUT2D eigenvalue weighted by atomic mass is 32.2. The third-order valence-corrected chi connectivity index (χ3v) is 6.13. The van der Waals surface area contributed by atoms with Crippen molar-refractivity contribution in [3.8, 4) is 11.1 Å². The zero-order valence-corrected chi connectivity index (χ0v) is 16.3. The highest BCUT2D eigenvalue weighted by molar-refractivity contribution is 7.92. The van der Waals surface area contributed by atoms with Crippen LogP contribution in [0, 0.1) is 16.9 Å². The maximum atomic E-state index is 14.6. The van der Waals surface area contributed by atoms with Crippen molar-refractivity contribution in [2.45, 2.75) is 19.8 Å². The van der Waals surface area contributed by atoms with Crippen LogP contribution in [-0.4, -0.2) is 25.1 Å². The monoisotopic (exact) mass is 418 g/mol. The molecule has 1 saturated carbocycles. The van der Waals surface area contributed by atoms with E-state index in [-0.39, 0.29) is 34.7 Å². The summed E-state index contributed by atoms with van der Waals surface area (Å²) in [6.45, 7) is 1.46. The Labute approximate surface area is 166 Å². The molecule has 0 aliphatic heterocycles. The molecular formula is C19H19FN4O4S. The van der Waals surface area contributed by atoms with Crippen molar-refractivity contribution in [1.29, 1.82) is 0 Å². The van der Waals surface area contributed by atoms with Gasteiger partial charge in [0.15, 0.2) is 0 Å². The van der Waals surface area contributed by atoms with Gasteiger partial charge >= 0.3 is 0 Å². The smallest absolute Gasteiger partial charge is 0.283 e. The number of anilines is 2. The Kier molecular flexibility index (Phi) is 4.65. The Hall–Kier alpha value is -3.14. The number of amides is 1. The first kappa shape index (κ1) is 19.2. The van der Waals surface area contributed by atoms with E-state index in [0.29, 0.717) is 21.2 Å². The predicted octanol–water partition coefficient (Wildman–Crippen LogP) is 2.72. The first-order valence-electron chi connectivity index (χ1n) is 9.14. The van der Waals surface area contributed by atoms with Gasteiger partial charge in [-0.05, 0) is 43.5 Å². The second-order valence-electron chi connectivity index (χ2n) is 6.94. The van der Waals surface area contributed by atoms with Crippen LogP contribution < -0.4 is 14.8 Å². The summed E-state index contributed by atoms with van der Waals surface area (Å²) in [5.41, 5.74) is 1.04. The summed E-state index contributed by atoms with van der Waals surface area (Å²) in [6.07, 6.45) is 3.17. The summed E-state index contributed by atoms with van der Waals surface area (Å²) >= 11 is 0. The van der Waals surface area contributed by atoms with Crippen LogP contribution in [0.15, 0.2) is 36.5 Å². The Bertz CT molecular complexity index is 1220. The Morgan fingerprint density at radius 2 is 2.07 bits per heavy atom. The number of H-pyrrole nitrogens is 1. The summed E-state index contributed by atoms with van der Waals surface area (Å²) in [6, 6.07) is 7.25. The summed E-state index contributed by atoms with van der Waals surface area (Å²) < 4.78 is 40.8. The number of nitrogens with zero attached hydrogens (tertiary/aromatic N) is 1. The molecule has 4 rings (SSSR count). The number of sulfonamides is 1. The molecule has 2 heterocycles. The van der Waals surface area contributed by atoms with Gasteiger partial charge in [-0.2, -0.15) is 0 Å². The SMILES string of the molecule is CCS(=O)(=O)Nc1ccc(-c2cc(NC(=O)C3CC3)[n+]([O-])c3[nH]ccc23)cc1F. The average Bonchev–Trinajstić information content (AvgIpc) is 3.42. The van der Waals surface area contributed by atoms with E-state index in [9.17, 15) is 22.8 Å². The molecule has 1 aliphatic rings. The highest BCUT2D eigenvalue weighted by Gasteiger charge is 2.32. The van der Waals surface area contributed by atoms with Gasteiger partial charge in [-0.3, -0.25) is 14.5 Å². The van der Waals surface area contributed by atoms with E-state index in [1.165, 1.54) is 25.1 Å². The molecule has 8 nitrogen and oxygen atoms in total. The van der Waals surface area contributed by atoms with E-state index in [1.54, 1.807) is 18.3 Å². The van der Waals surface area contributed by atoms with Crippen LogP contribution in [0.5, 0.6) is 0 Å². The number of benzene rings is 1. The largest absolute Gasteiger partial charge is 0.740 e. The lowest BCUT2D eigenvalue weighted by atomic mass is 10.0. The van der Waals surface area contributed by atoms with Crippen LogP contribution in [-0.2, 0) is 14.8 Å². The molecule has 0 spiro atoms. The second-order valence-corrected chi connectivity index (χ2v) is 8.95. The van der Waals surface area contributed by atoms with Gasteiger partial charge in [0.25, 0.3) is 5.91 Å². The van der Waals surface area contributed by atoms with E-state index in [0.717, 1.165) is 12.8 Å². The van der Waals surface area contributed by atoms with E-state index in [4.69, 9.17) is 0 Å². The van der Waals surface area contributed by atoms with Crippen molar-refractivity contribution in [2.24, 2.45) is 5.92 Å². The molecule has 1 aromatic carbocycles. The molecule has 1 fully saturated rings. The predicted molar refractivity (Wildman–Crippen MR) is 107 cm³/mol. The molecule has 0 radical (unpaired) electrons. The molecule has 0 saturated heterocycles. The quantitative estimate of drug-likeness (QED) is 0.421. The number of aromatic amines is 1. The van der Waals surface area contributed by atoms with Gasteiger partial charge in [0.05, 0.1) is 28.9 Å². The summed E-state index contributed by atoms with van der Waals surface area (Å²) in [5, 5.41) is 15.8. The van der Waals surface area contributed by atoms with Crippen LogP contribution in [0.25, 0.3) is 22.2 Å². The van der Waals surface area contributed by atoms with Crippen LogP contribution in [0.2, 0.25) is 0 Å². The maximum absolute atomic E-state index is 14.6. The maximum Gasteiger partial charge on any atom is 0.283 e. The van der Waals surface area contributed by atoms with Crippen molar-refractivity contribution < 1.29 is 22.3 Å². The fourth-order valence-electron chi connectivity index (χ4n) is 3.04. The van der Waals surface area contributed by atoms with Gasteiger partial charge in [-0.1, -0.05) is 6.07 Å². The van der Waals surface area contributed by atoms with Gasteiger partial charge in [-0.15, -0.1) is 0 Å². The number of hydrogen-bond donors (Lipinski definition) is 3. The number of fused-ring (bicyclic) bond motifs is 1. The number of hydrogen-bond acceptors (Lipinski definition) is 4. The number of aromatic nitrogens is 2. The van der Waals surface area contributed by atoms with Crippen molar-refractivity contribution in [3.05, 3.63) is 47.6 Å². The topological polar surface area (TPSA) is 118 Å². The number of pyridine rings is 1. The van der Waals surface area contributed by atoms with Gasteiger partial charge in [0.1, 0.15) is 5.82 Å². The third-order valence-electron chi connectivity index (χ3n) is 4.84. The molecule has 3 N–H and O–H groups in total. The van der Waals surface area contributed by atoms with Crippen molar-refractivity contribution in [2.75, 3.05) is 15.8 Å². The normalized spacial score (nSPS) is 14.1.